The zero-order valence-electron chi connectivity index (χ0n) is 15.9. The van der Waals surface area contributed by atoms with Gasteiger partial charge in [-0.3, -0.25) is 9.59 Å². The topological polar surface area (TPSA) is 50.5 Å². The molecule has 1 amide bonds. The zero-order valence-corrected chi connectivity index (χ0v) is 18.3. The van der Waals surface area contributed by atoms with Crippen molar-refractivity contribution in [1.29, 1.82) is 0 Å². The van der Waals surface area contributed by atoms with Gasteiger partial charge >= 0.3 is 0 Å². The molecule has 3 aromatic carbocycles. The molecule has 7 heteroatoms. The Kier molecular flexibility index (Phi) is 4.91. The maximum absolute atomic E-state index is 13.6. The molecule has 154 valence electrons. The van der Waals surface area contributed by atoms with Crippen molar-refractivity contribution in [1.82, 2.24) is 4.90 Å². The standard InChI is InChI=1S/C24H14BrClFNO3/c25-15-7-10-19-17(11-15)22(29)20-21(13-5-8-16(27)9-6-13)28(24(30)23(20)31-19)12-14-3-1-2-4-18(14)26/h1-11,21H,12H2. The molecule has 4 aromatic rings. The van der Waals surface area contributed by atoms with E-state index in [0.717, 1.165) is 10.0 Å². The van der Waals surface area contributed by atoms with Crippen molar-refractivity contribution in [3.8, 4) is 0 Å². The lowest BCUT2D eigenvalue weighted by Gasteiger charge is -2.25. The highest BCUT2D eigenvalue weighted by Crippen LogP contribution is 2.40. The van der Waals surface area contributed by atoms with E-state index in [0.29, 0.717) is 21.6 Å². The molecule has 0 radical (unpaired) electrons. The fourth-order valence-electron chi connectivity index (χ4n) is 3.96. The van der Waals surface area contributed by atoms with Crippen molar-refractivity contribution in [3.05, 3.63) is 115 Å². The number of amides is 1. The highest BCUT2D eigenvalue weighted by atomic mass is 79.9. The number of carbonyl (C=O) groups is 1. The summed E-state index contributed by atoms with van der Waals surface area (Å²) in [5, 5.41) is 0.880. The molecule has 1 aliphatic rings. The van der Waals surface area contributed by atoms with Gasteiger partial charge in [0, 0.05) is 16.0 Å². The lowest BCUT2D eigenvalue weighted by atomic mass is 9.98. The molecule has 4 nitrogen and oxygen atoms in total. The van der Waals surface area contributed by atoms with Crippen molar-refractivity contribution >= 4 is 44.4 Å². The summed E-state index contributed by atoms with van der Waals surface area (Å²) in [4.78, 5) is 28.4. The second kappa shape index (κ2) is 7.62. The predicted octanol–water partition coefficient (Wildman–Crippen LogP) is 6.09. The number of benzene rings is 3. The first-order chi connectivity index (χ1) is 14.9. The summed E-state index contributed by atoms with van der Waals surface area (Å²) >= 11 is 9.71. The molecular formula is C24H14BrClFNO3. The van der Waals surface area contributed by atoms with Crippen LogP contribution in [0.4, 0.5) is 4.39 Å². The van der Waals surface area contributed by atoms with E-state index in [1.807, 2.05) is 12.1 Å². The van der Waals surface area contributed by atoms with Gasteiger partial charge in [-0.25, -0.2) is 4.39 Å². The largest absolute Gasteiger partial charge is 0.450 e. The molecule has 1 unspecified atom stereocenters. The first kappa shape index (κ1) is 20.0. The van der Waals surface area contributed by atoms with Crippen molar-refractivity contribution in [2.24, 2.45) is 0 Å². The summed E-state index contributed by atoms with van der Waals surface area (Å²) in [5.41, 5.74) is 1.63. The Hall–Kier alpha value is -2.96. The van der Waals surface area contributed by atoms with Gasteiger partial charge in [0.2, 0.25) is 5.76 Å². The van der Waals surface area contributed by atoms with E-state index in [9.17, 15) is 14.0 Å². The summed E-state index contributed by atoms with van der Waals surface area (Å²) in [7, 11) is 0. The van der Waals surface area contributed by atoms with Crippen LogP contribution in [0.15, 0.2) is 80.4 Å². The van der Waals surface area contributed by atoms with Crippen molar-refractivity contribution in [2.45, 2.75) is 12.6 Å². The first-order valence-corrected chi connectivity index (χ1v) is 10.7. The first-order valence-electron chi connectivity index (χ1n) is 9.50. The van der Waals surface area contributed by atoms with Crippen LogP contribution in [0.5, 0.6) is 0 Å². The number of rotatable bonds is 3. The number of hydrogen-bond donors (Lipinski definition) is 0. The summed E-state index contributed by atoms with van der Waals surface area (Å²) in [6.45, 7) is 0.171. The van der Waals surface area contributed by atoms with Crippen LogP contribution in [0.2, 0.25) is 5.02 Å². The molecule has 0 bridgehead atoms. The third kappa shape index (κ3) is 3.36. The van der Waals surface area contributed by atoms with E-state index in [4.69, 9.17) is 16.0 Å². The van der Waals surface area contributed by atoms with Crippen LogP contribution in [0.3, 0.4) is 0 Å². The highest BCUT2D eigenvalue weighted by Gasteiger charge is 2.42. The van der Waals surface area contributed by atoms with Gasteiger partial charge in [0.25, 0.3) is 5.91 Å². The van der Waals surface area contributed by atoms with E-state index in [-0.39, 0.29) is 23.3 Å². The van der Waals surface area contributed by atoms with E-state index < -0.39 is 17.8 Å². The fourth-order valence-corrected chi connectivity index (χ4v) is 4.51. The van der Waals surface area contributed by atoms with E-state index in [1.54, 1.807) is 42.5 Å². The molecule has 0 spiro atoms. The number of halogens is 3. The van der Waals surface area contributed by atoms with Gasteiger partial charge in [0.1, 0.15) is 11.4 Å². The molecule has 0 saturated carbocycles. The van der Waals surface area contributed by atoms with E-state index >= 15 is 0 Å². The number of carbonyl (C=O) groups excluding carboxylic acids is 1. The Morgan fingerprint density at radius 2 is 1.77 bits per heavy atom. The third-order valence-electron chi connectivity index (χ3n) is 5.41. The molecule has 0 fully saturated rings. The summed E-state index contributed by atoms with van der Waals surface area (Å²) in [5.74, 6) is -0.812. The summed E-state index contributed by atoms with van der Waals surface area (Å²) < 4.78 is 20.2. The number of hydrogen-bond acceptors (Lipinski definition) is 3. The second-order valence-electron chi connectivity index (χ2n) is 7.29. The number of fused-ring (bicyclic) bond motifs is 2. The predicted molar refractivity (Wildman–Crippen MR) is 120 cm³/mol. The van der Waals surface area contributed by atoms with Gasteiger partial charge in [0.15, 0.2) is 5.43 Å². The molecule has 1 aliphatic heterocycles. The van der Waals surface area contributed by atoms with Crippen LogP contribution < -0.4 is 5.43 Å². The second-order valence-corrected chi connectivity index (χ2v) is 8.62. The minimum atomic E-state index is -0.723. The van der Waals surface area contributed by atoms with Crippen molar-refractivity contribution in [2.75, 3.05) is 0 Å². The molecule has 5 rings (SSSR count). The molecule has 2 heterocycles. The smallest absolute Gasteiger partial charge is 0.291 e. The Balaban J connectivity index is 1.74. The maximum Gasteiger partial charge on any atom is 0.291 e. The average molecular weight is 499 g/mol. The van der Waals surface area contributed by atoms with Gasteiger partial charge in [0.05, 0.1) is 17.0 Å². The molecule has 0 saturated heterocycles. The van der Waals surface area contributed by atoms with Crippen LogP contribution in [0.25, 0.3) is 11.0 Å². The summed E-state index contributed by atoms with van der Waals surface area (Å²) in [6, 6.07) is 17.3. The molecular weight excluding hydrogens is 485 g/mol. The van der Waals surface area contributed by atoms with Crippen molar-refractivity contribution in [3.63, 3.8) is 0 Å². The minimum absolute atomic E-state index is 0.00111. The lowest BCUT2D eigenvalue weighted by molar-refractivity contribution is 0.0714. The SMILES string of the molecule is O=C1c2oc3ccc(Br)cc3c(=O)c2C(c2ccc(F)cc2)N1Cc1ccccc1Cl. The van der Waals surface area contributed by atoms with Crippen LogP contribution in [0.1, 0.15) is 33.3 Å². The number of nitrogens with zero attached hydrogens (tertiary/aromatic N) is 1. The molecule has 1 aromatic heterocycles. The minimum Gasteiger partial charge on any atom is -0.450 e. The van der Waals surface area contributed by atoms with Crippen molar-refractivity contribution < 1.29 is 13.6 Å². The Bertz CT molecular complexity index is 1400. The van der Waals surface area contributed by atoms with Crippen LogP contribution in [-0.4, -0.2) is 10.8 Å². The Morgan fingerprint density at radius 1 is 1.03 bits per heavy atom. The third-order valence-corrected chi connectivity index (χ3v) is 6.27. The van der Waals surface area contributed by atoms with Crippen LogP contribution >= 0.6 is 27.5 Å². The van der Waals surface area contributed by atoms with Gasteiger partial charge in [-0.2, -0.15) is 0 Å². The quantitative estimate of drug-likeness (QED) is 0.343. The Morgan fingerprint density at radius 3 is 2.52 bits per heavy atom. The van der Waals surface area contributed by atoms with Crippen LogP contribution in [-0.2, 0) is 6.54 Å². The summed E-state index contributed by atoms with van der Waals surface area (Å²) in [6.07, 6.45) is 0. The van der Waals surface area contributed by atoms with E-state index in [1.165, 1.54) is 17.0 Å². The normalized spacial score (nSPS) is 15.5. The average Bonchev–Trinajstić information content (AvgIpc) is 3.03. The molecule has 0 N–H and O–H groups in total. The molecule has 1 atom stereocenters. The lowest BCUT2D eigenvalue weighted by Crippen LogP contribution is -2.29. The van der Waals surface area contributed by atoms with Gasteiger partial charge in [-0.15, -0.1) is 0 Å². The van der Waals surface area contributed by atoms with E-state index in [2.05, 4.69) is 15.9 Å². The van der Waals surface area contributed by atoms with Gasteiger partial charge in [-0.05, 0) is 47.5 Å². The molecule has 31 heavy (non-hydrogen) atoms. The molecule has 0 aliphatic carbocycles. The monoisotopic (exact) mass is 497 g/mol. The maximum atomic E-state index is 13.6. The fraction of sp³-hybridized carbons (Fsp3) is 0.0833. The van der Waals surface area contributed by atoms with Gasteiger partial charge < -0.3 is 9.32 Å². The van der Waals surface area contributed by atoms with Gasteiger partial charge in [-0.1, -0.05) is 57.9 Å². The highest BCUT2D eigenvalue weighted by molar-refractivity contribution is 9.10. The zero-order chi connectivity index (χ0) is 21.7. The Labute approximate surface area is 190 Å². The van der Waals surface area contributed by atoms with Crippen LogP contribution in [0, 0.1) is 5.82 Å².